The maximum atomic E-state index is 12.3. The molecule has 0 amide bonds. The van der Waals surface area contributed by atoms with Crippen LogP contribution in [0, 0.1) is 11.3 Å². The quantitative estimate of drug-likeness (QED) is 0.927. The molecule has 0 saturated heterocycles. The SMILES string of the molecule is N#Cc1ccc(S(=O)(=O)Nc2cnc(C3CC3)nc2)c(Cl)c1. The Morgan fingerprint density at radius 1 is 1.27 bits per heavy atom. The largest absolute Gasteiger partial charge is 0.276 e. The third kappa shape index (κ3) is 3.03. The van der Waals surface area contributed by atoms with Crippen LogP contribution in [-0.4, -0.2) is 18.4 Å². The van der Waals surface area contributed by atoms with Gasteiger partial charge in [0.1, 0.15) is 10.7 Å². The lowest BCUT2D eigenvalue weighted by Gasteiger charge is -2.09. The summed E-state index contributed by atoms with van der Waals surface area (Å²) in [7, 11) is -3.86. The lowest BCUT2D eigenvalue weighted by atomic mass is 10.2. The molecule has 8 heteroatoms. The van der Waals surface area contributed by atoms with Crippen LogP contribution < -0.4 is 4.72 Å². The molecule has 1 saturated carbocycles. The van der Waals surface area contributed by atoms with Crippen LogP contribution in [0.3, 0.4) is 0 Å². The Labute approximate surface area is 132 Å². The molecular formula is C14H11ClN4O2S. The lowest BCUT2D eigenvalue weighted by Crippen LogP contribution is -2.14. The van der Waals surface area contributed by atoms with Crippen molar-refractivity contribution in [2.24, 2.45) is 0 Å². The summed E-state index contributed by atoms with van der Waals surface area (Å²) in [6, 6.07) is 5.90. The molecule has 3 rings (SSSR count). The monoisotopic (exact) mass is 334 g/mol. The van der Waals surface area contributed by atoms with E-state index in [2.05, 4.69) is 14.7 Å². The molecule has 1 fully saturated rings. The second-order valence-electron chi connectivity index (χ2n) is 4.97. The predicted molar refractivity (Wildman–Crippen MR) is 81.0 cm³/mol. The molecule has 0 aliphatic heterocycles. The van der Waals surface area contributed by atoms with E-state index < -0.39 is 10.0 Å². The second-order valence-corrected chi connectivity index (χ2v) is 7.02. The van der Waals surface area contributed by atoms with E-state index in [1.54, 1.807) is 0 Å². The number of rotatable bonds is 4. The highest BCUT2D eigenvalue weighted by Gasteiger charge is 2.26. The van der Waals surface area contributed by atoms with E-state index in [0.717, 1.165) is 18.7 Å². The molecule has 1 aliphatic rings. The highest BCUT2D eigenvalue weighted by atomic mass is 35.5. The van der Waals surface area contributed by atoms with Crippen molar-refractivity contribution in [3.63, 3.8) is 0 Å². The van der Waals surface area contributed by atoms with E-state index in [9.17, 15) is 8.42 Å². The summed E-state index contributed by atoms with van der Waals surface area (Å²) < 4.78 is 27.0. The molecule has 0 atom stereocenters. The number of nitrogens with zero attached hydrogens (tertiary/aromatic N) is 3. The predicted octanol–water partition coefficient (Wildman–Crippen LogP) is 2.68. The Balaban J connectivity index is 1.85. The van der Waals surface area contributed by atoms with Gasteiger partial charge in [-0.3, -0.25) is 4.72 Å². The van der Waals surface area contributed by atoms with Gasteiger partial charge in [0.2, 0.25) is 0 Å². The second kappa shape index (κ2) is 5.55. The normalized spacial score (nSPS) is 14.4. The van der Waals surface area contributed by atoms with Crippen LogP contribution in [0.2, 0.25) is 5.02 Å². The van der Waals surface area contributed by atoms with Crippen molar-refractivity contribution in [3.05, 3.63) is 47.0 Å². The summed E-state index contributed by atoms with van der Waals surface area (Å²) in [5.74, 6) is 1.14. The molecule has 1 N–H and O–H groups in total. The molecule has 0 bridgehead atoms. The summed E-state index contributed by atoms with van der Waals surface area (Å²) in [6.07, 6.45) is 5.03. The molecular weight excluding hydrogens is 324 g/mol. The van der Waals surface area contributed by atoms with Gasteiger partial charge in [0, 0.05) is 5.92 Å². The molecule has 0 unspecified atom stereocenters. The molecule has 1 aromatic heterocycles. The molecule has 112 valence electrons. The van der Waals surface area contributed by atoms with Crippen LogP contribution in [0.25, 0.3) is 0 Å². The zero-order chi connectivity index (χ0) is 15.7. The summed E-state index contributed by atoms with van der Waals surface area (Å²) in [5.41, 5.74) is 0.561. The maximum Gasteiger partial charge on any atom is 0.263 e. The Kier molecular flexibility index (Phi) is 3.72. The van der Waals surface area contributed by atoms with Crippen molar-refractivity contribution < 1.29 is 8.42 Å². The first-order valence-electron chi connectivity index (χ1n) is 6.54. The maximum absolute atomic E-state index is 12.3. The fourth-order valence-electron chi connectivity index (χ4n) is 1.94. The minimum atomic E-state index is -3.86. The molecule has 6 nitrogen and oxygen atoms in total. The summed E-state index contributed by atoms with van der Waals surface area (Å²) in [6.45, 7) is 0. The number of nitrogens with one attached hydrogen (secondary N) is 1. The standard InChI is InChI=1S/C14H11ClN4O2S/c15-12-5-9(6-16)1-4-13(12)22(20,21)19-11-7-17-14(18-8-11)10-2-3-10/h1,4-5,7-8,10,19H,2-3H2. The first kappa shape index (κ1) is 14.8. The van der Waals surface area contributed by atoms with Crippen molar-refractivity contribution in [2.45, 2.75) is 23.7 Å². The third-order valence-corrected chi connectivity index (χ3v) is 5.08. The average Bonchev–Trinajstić information content (AvgIpc) is 3.32. The minimum Gasteiger partial charge on any atom is -0.276 e. The number of anilines is 1. The van der Waals surface area contributed by atoms with Gasteiger partial charge in [-0.15, -0.1) is 0 Å². The van der Waals surface area contributed by atoms with Gasteiger partial charge in [-0.1, -0.05) is 11.6 Å². The van der Waals surface area contributed by atoms with E-state index in [-0.39, 0.29) is 15.6 Å². The van der Waals surface area contributed by atoms with Gasteiger partial charge in [-0.2, -0.15) is 5.26 Å². The molecule has 2 aromatic rings. The number of halogens is 1. The van der Waals surface area contributed by atoms with Crippen molar-refractivity contribution in [1.29, 1.82) is 5.26 Å². The molecule has 1 aromatic carbocycles. The minimum absolute atomic E-state index is 0.0120. The highest BCUT2D eigenvalue weighted by molar-refractivity contribution is 7.92. The fraction of sp³-hybridized carbons (Fsp3) is 0.214. The van der Waals surface area contributed by atoms with E-state index in [1.807, 2.05) is 6.07 Å². The Hall–Kier alpha value is -2.17. The average molecular weight is 335 g/mol. The van der Waals surface area contributed by atoms with Gasteiger partial charge < -0.3 is 0 Å². The topological polar surface area (TPSA) is 95.7 Å². The zero-order valence-electron chi connectivity index (χ0n) is 11.3. The first-order valence-corrected chi connectivity index (χ1v) is 8.40. The fourth-order valence-corrected chi connectivity index (χ4v) is 3.52. The van der Waals surface area contributed by atoms with Gasteiger partial charge >= 0.3 is 0 Å². The van der Waals surface area contributed by atoms with E-state index >= 15 is 0 Å². The van der Waals surface area contributed by atoms with Crippen LogP contribution in [0.1, 0.15) is 30.1 Å². The van der Waals surface area contributed by atoms with Crippen molar-refractivity contribution >= 4 is 27.3 Å². The van der Waals surface area contributed by atoms with Gasteiger partial charge in [0.05, 0.1) is 34.7 Å². The number of aromatic nitrogens is 2. The Morgan fingerprint density at radius 2 is 1.95 bits per heavy atom. The summed E-state index contributed by atoms with van der Waals surface area (Å²) >= 11 is 5.93. The van der Waals surface area contributed by atoms with Crippen molar-refractivity contribution in [3.8, 4) is 6.07 Å². The molecule has 1 heterocycles. The summed E-state index contributed by atoms with van der Waals surface area (Å²) in [4.78, 5) is 8.21. The highest BCUT2D eigenvalue weighted by Crippen LogP contribution is 2.37. The van der Waals surface area contributed by atoms with Gasteiger partial charge in [-0.05, 0) is 31.0 Å². The number of hydrogen-bond donors (Lipinski definition) is 1. The Morgan fingerprint density at radius 3 is 2.50 bits per heavy atom. The van der Waals surface area contributed by atoms with Crippen LogP contribution in [0.15, 0.2) is 35.5 Å². The smallest absolute Gasteiger partial charge is 0.263 e. The van der Waals surface area contributed by atoms with Gasteiger partial charge in [0.25, 0.3) is 10.0 Å². The number of sulfonamides is 1. The molecule has 1 aliphatic carbocycles. The van der Waals surface area contributed by atoms with E-state index in [4.69, 9.17) is 16.9 Å². The first-order chi connectivity index (χ1) is 10.5. The molecule has 0 radical (unpaired) electrons. The third-order valence-electron chi connectivity index (χ3n) is 3.22. The Bertz CT molecular complexity index is 855. The van der Waals surface area contributed by atoms with Crippen LogP contribution in [0.4, 0.5) is 5.69 Å². The molecule has 0 spiro atoms. The van der Waals surface area contributed by atoms with Crippen LogP contribution >= 0.6 is 11.6 Å². The lowest BCUT2D eigenvalue weighted by molar-refractivity contribution is 0.601. The number of nitriles is 1. The zero-order valence-corrected chi connectivity index (χ0v) is 12.9. The van der Waals surface area contributed by atoms with E-state index in [0.29, 0.717) is 11.5 Å². The van der Waals surface area contributed by atoms with Crippen LogP contribution in [-0.2, 0) is 10.0 Å². The van der Waals surface area contributed by atoms with Gasteiger partial charge in [0.15, 0.2) is 0 Å². The van der Waals surface area contributed by atoms with Crippen LogP contribution in [0.5, 0.6) is 0 Å². The van der Waals surface area contributed by atoms with Crippen molar-refractivity contribution in [1.82, 2.24) is 9.97 Å². The number of hydrogen-bond acceptors (Lipinski definition) is 5. The number of benzene rings is 1. The van der Waals surface area contributed by atoms with Crippen molar-refractivity contribution in [2.75, 3.05) is 4.72 Å². The van der Waals surface area contributed by atoms with E-state index in [1.165, 1.54) is 30.6 Å². The van der Waals surface area contributed by atoms with Gasteiger partial charge in [-0.25, -0.2) is 18.4 Å². The molecule has 22 heavy (non-hydrogen) atoms. The summed E-state index contributed by atoms with van der Waals surface area (Å²) in [5, 5.41) is 8.76.